The molecule has 0 unspecified atom stereocenters. The molecule has 0 spiro atoms. The van der Waals surface area contributed by atoms with E-state index < -0.39 is 0 Å². The highest BCUT2D eigenvalue weighted by molar-refractivity contribution is 5.94. The molecule has 0 heterocycles. The highest BCUT2D eigenvalue weighted by atomic mass is 16.5. The molecule has 3 heteroatoms. The Labute approximate surface area is 150 Å². The third kappa shape index (κ3) is 3.87. The summed E-state index contributed by atoms with van der Waals surface area (Å²) in [5.74, 6) is 0.883. The highest BCUT2D eigenvalue weighted by Crippen LogP contribution is 2.25. The minimum atomic E-state index is 0.00754. The van der Waals surface area contributed by atoms with Gasteiger partial charge in [0.05, 0.1) is 13.2 Å². The number of carbonyl (C=O) groups excluding carboxylic acids is 1. The van der Waals surface area contributed by atoms with Crippen LogP contribution in [0.15, 0.2) is 36.4 Å². The van der Waals surface area contributed by atoms with E-state index in [1.165, 1.54) is 24.0 Å². The summed E-state index contributed by atoms with van der Waals surface area (Å²) < 4.78 is 5.33. The third-order valence-electron chi connectivity index (χ3n) is 5.15. The number of methoxy groups -OCH3 is 1. The van der Waals surface area contributed by atoms with E-state index >= 15 is 0 Å². The average molecular weight is 337 g/mol. The molecule has 3 rings (SSSR count). The van der Waals surface area contributed by atoms with Gasteiger partial charge in [-0.25, -0.2) is 0 Å². The van der Waals surface area contributed by atoms with Crippen molar-refractivity contribution in [3.8, 4) is 5.75 Å². The topological polar surface area (TPSA) is 38.3 Å². The number of nitrogens with one attached hydrogen (secondary N) is 1. The summed E-state index contributed by atoms with van der Waals surface area (Å²) >= 11 is 0. The fraction of sp³-hybridized carbons (Fsp3) is 0.409. The molecule has 0 aromatic heterocycles. The quantitative estimate of drug-likeness (QED) is 0.854. The number of rotatable bonds is 5. The molecule has 0 saturated heterocycles. The predicted molar refractivity (Wildman–Crippen MR) is 101 cm³/mol. The van der Waals surface area contributed by atoms with Crippen molar-refractivity contribution in [1.29, 1.82) is 0 Å². The van der Waals surface area contributed by atoms with Crippen LogP contribution in [-0.4, -0.2) is 13.0 Å². The first-order valence-corrected chi connectivity index (χ1v) is 9.19. The normalized spacial score (nSPS) is 14.5. The van der Waals surface area contributed by atoms with Crippen molar-refractivity contribution in [3.05, 3.63) is 64.2 Å². The molecule has 2 aromatic carbocycles. The Morgan fingerprint density at radius 2 is 1.88 bits per heavy atom. The molecule has 0 fully saturated rings. The Bertz CT molecular complexity index is 767. The van der Waals surface area contributed by atoms with Gasteiger partial charge in [-0.15, -0.1) is 0 Å². The van der Waals surface area contributed by atoms with E-state index in [0.29, 0.717) is 0 Å². The van der Waals surface area contributed by atoms with Gasteiger partial charge in [-0.1, -0.05) is 25.1 Å². The van der Waals surface area contributed by atoms with Gasteiger partial charge >= 0.3 is 0 Å². The number of fused-ring (bicyclic) bond motifs is 1. The molecule has 1 atom stereocenters. The van der Waals surface area contributed by atoms with Gasteiger partial charge < -0.3 is 10.1 Å². The molecule has 1 amide bonds. The summed E-state index contributed by atoms with van der Waals surface area (Å²) in [5, 5.41) is 3.19. The summed E-state index contributed by atoms with van der Waals surface area (Å²) in [5.41, 5.74) is 5.71. The van der Waals surface area contributed by atoms with Crippen LogP contribution in [0.4, 0.5) is 0 Å². The first kappa shape index (κ1) is 17.5. The largest absolute Gasteiger partial charge is 0.496 e. The van der Waals surface area contributed by atoms with Gasteiger partial charge in [0.2, 0.25) is 0 Å². The van der Waals surface area contributed by atoms with Crippen molar-refractivity contribution < 1.29 is 9.53 Å². The van der Waals surface area contributed by atoms with Gasteiger partial charge in [0.1, 0.15) is 5.75 Å². The van der Waals surface area contributed by atoms with E-state index in [1.54, 1.807) is 7.11 Å². The Morgan fingerprint density at radius 1 is 1.12 bits per heavy atom. The van der Waals surface area contributed by atoms with E-state index in [4.69, 9.17) is 4.74 Å². The Balaban J connectivity index is 1.77. The van der Waals surface area contributed by atoms with Crippen molar-refractivity contribution in [2.45, 2.75) is 52.0 Å². The second-order valence-corrected chi connectivity index (χ2v) is 6.85. The lowest BCUT2D eigenvalue weighted by Crippen LogP contribution is -2.28. The summed E-state index contributed by atoms with van der Waals surface area (Å²) in [6.45, 7) is 4.12. The maximum absolute atomic E-state index is 12.7. The van der Waals surface area contributed by atoms with Gasteiger partial charge in [-0.3, -0.25) is 4.79 Å². The van der Waals surface area contributed by atoms with Gasteiger partial charge in [-0.05, 0) is 79.5 Å². The van der Waals surface area contributed by atoms with Crippen LogP contribution >= 0.6 is 0 Å². The molecule has 2 aromatic rings. The van der Waals surface area contributed by atoms with Crippen LogP contribution in [0.5, 0.6) is 5.75 Å². The summed E-state index contributed by atoms with van der Waals surface area (Å²) in [7, 11) is 1.68. The van der Waals surface area contributed by atoms with Crippen molar-refractivity contribution in [3.63, 3.8) is 0 Å². The molecule has 0 saturated carbocycles. The smallest absolute Gasteiger partial charge is 0.251 e. The fourth-order valence-electron chi connectivity index (χ4n) is 3.66. The second kappa shape index (κ2) is 7.73. The van der Waals surface area contributed by atoms with Crippen LogP contribution in [0.25, 0.3) is 0 Å². The zero-order chi connectivity index (χ0) is 17.8. The Kier molecular flexibility index (Phi) is 5.42. The predicted octanol–water partition coefficient (Wildman–Crippen LogP) is 4.76. The van der Waals surface area contributed by atoms with Crippen LogP contribution in [0.1, 0.15) is 64.8 Å². The lowest BCUT2D eigenvalue weighted by atomic mass is 9.90. The molecule has 0 aliphatic heterocycles. The van der Waals surface area contributed by atoms with Gasteiger partial charge in [0, 0.05) is 5.56 Å². The molecule has 1 N–H and O–H groups in total. The fourth-order valence-corrected chi connectivity index (χ4v) is 3.66. The lowest BCUT2D eigenvalue weighted by molar-refractivity contribution is 0.0935. The van der Waals surface area contributed by atoms with Crippen LogP contribution in [0.3, 0.4) is 0 Å². The van der Waals surface area contributed by atoms with Gasteiger partial charge in [0.25, 0.3) is 5.91 Å². The first-order chi connectivity index (χ1) is 12.1. The van der Waals surface area contributed by atoms with Crippen molar-refractivity contribution in [2.24, 2.45) is 0 Å². The summed E-state index contributed by atoms with van der Waals surface area (Å²) in [6, 6.07) is 12.3. The summed E-state index contributed by atoms with van der Waals surface area (Å²) in [6.07, 6.45) is 5.56. The van der Waals surface area contributed by atoms with Crippen LogP contribution in [0, 0.1) is 6.92 Å². The highest BCUT2D eigenvalue weighted by Gasteiger charge is 2.17. The number of hydrogen-bond acceptors (Lipinski definition) is 2. The Morgan fingerprint density at radius 3 is 2.56 bits per heavy atom. The van der Waals surface area contributed by atoms with E-state index in [2.05, 4.69) is 30.4 Å². The molecule has 3 nitrogen and oxygen atoms in total. The van der Waals surface area contributed by atoms with Gasteiger partial charge in [-0.2, -0.15) is 0 Å². The zero-order valence-electron chi connectivity index (χ0n) is 15.4. The van der Waals surface area contributed by atoms with Gasteiger partial charge in [0.15, 0.2) is 0 Å². The zero-order valence-corrected chi connectivity index (χ0v) is 15.4. The molecule has 132 valence electrons. The molecule has 1 aliphatic carbocycles. The molecule has 25 heavy (non-hydrogen) atoms. The van der Waals surface area contributed by atoms with Crippen LogP contribution in [-0.2, 0) is 12.8 Å². The molecule has 1 aliphatic rings. The number of benzene rings is 2. The SMILES string of the molecule is CC[C@@H](NC(=O)c1ccc2c(c1)CCCC2)c1ccc(OC)c(C)c1. The third-order valence-corrected chi connectivity index (χ3v) is 5.15. The molecule has 0 radical (unpaired) electrons. The van der Waals surface area contributed by atoms with E-state index in [-0.39, 0.29) is 11.9 Å². The maximum Gasteiger partial charge on any atom is 0.251 e. The van der Waals surface area contributed by atoms with Crippen LogP contribution in [0.2, 0.25) is 0 Å². The Hall–Kier alpha value is -2.29. The van der Waals surface area contributed by atoms with Crippen molar-refractivity contribution in [2.75, 3.05) is 7.11 Å². The number of aryl methyl sites for hydroxylation is 3. The van der Waals surface area contributed by atoms with Crippen LogP contribution < -0.4 is 10.1 Å². The number of hydrogen-bond donors (Lipinski definition) is 1. The number of ether oxygens (including phenoxy) is 1. The second-order valence-electron chi connectivity index (χ2n) is 6.85. The van der Waals surface area contributed by atoms with E-state index in [1.807, 2.05) is 25.1 Å². The van der Waals surface area contributed by atoms with Crippen molar-refractivity contribution in [1.82, 2.24) is 5.32 Å². The monoisotopic (exact) mass is 337 g/mol. The maximum atomic E-state index is 12.7. The minimum Gasteiger partial charge on any atom is -0.496 e. The first-order valence-electron chi connectivity index (χ1n) is 9.19. The van der Waals surface area contributed by atoms with E-state index in [9.17, 15) is 4.79 Å². The molecular formula is C22H27NO2. The number of carbonyl (C=O) groups is 1. The number of amides is 1. The minimum absolute atomic E-state index is 0.00754. The lowest BCUT2D eigenvalue weighted by Gasteiger charge is -2.20. The van der Waals surface area contributed by atoms with E-state index in [0.717, 1.165) is 41.7 Å². The summed E-state index contributed by atoms with van der Waals surface area (Å²) in [4.78, 5) is 12.7. The van der Waals surface area contributed by atoms with Crippen molar-refractivity contribution >= 4 is 5.91 Å². The molecule has 0 bridgehead atoms. The molecular weight excluding hydrogens is 310 g/mol. The standard InChI is InChI=1S/C22H27NO2/c1-4-20(18-11-12-21(25-3)15(2)13-18)23-22(24)19-10-9-16-7-5-6-8-17(16)14-19/h9-14,20H,4-8H2,1-3H3,(H,23,24)/t20-/m1/s1. The average Bonchev–Trinajstić information content (AvgIpc) is 2.65.